The van der Waals surface area contributed by atoms with Crippen LogP contribution in [-0.2, 0) is 24.0 Å². The van der Waals surface area contributed by atoms with E-state index >= 15 is 0 Å². The first-order chi connectivity index (χ1) is 12.5. The van der Waals surface area contributed by atoms with Crippen molar-refractivity contribution in [1.82, 2.24) is 16.0 Å². The van der Waals surface area contributed by atoms with Crippen LogP contribution >= 0.6 is 0 Å². The molecule has 0 aliphatic carbocycles. The summed E-state index contributed by atoms with van der Waals surface area (Å²) in [6.45, 7) is 1.91. The van der Waals surface area contributed by atoms with Gasteiger partial charge in [0, 0.05) is 6.42 Å². The van der Waals surface area contributed by atoms with E-state index in [1.807, 2.05) is 0 Å². The number of aliphatic carboxylic acids is 2. The number of carbonyl (C=O) groups is 5. The topological polar surface area (TPSA) is 208 Å². The van der Waals surface area contributed by atoms with Gasteiger partial charge in [-0.2, -0.15) is 0 Å². The Balaban J connectivity index is 5.18. The van der Waals surface area contributed by atoms with Crippen molar-refractivity contribution in [3.63, 3.8) is 0 Å². The van der Waals surface area contributed by atoms with Gasteiger partial charge < -0.3 is 37.0 Å². The molecule has 12 heteroatoms. The summed E-state index contributed by atoms with van der Waals surface area (Å²) in [6.07, 6.45) is -0.711. The number of nitrogens with one attached hydrogen (secondary N) is 3. The maximum Gasteiger partial charge on any atom is 0.322 e. The Bertz CT molecular complexity index is 566. The second kappa shape index (κ2) is 11.8. The number of aliphatic hydroxyl groups excluding tert-OH is 1. The van der Waals surface area contributed by atoms with E-state index in [9.17, 15) is 24.0 Å². The summed E-state index contributed by atoms with van der Waals surface area (Å²) < 4.78 is 0. The summed E-state index contributed by atoms with van der Waals surface area (Å²) in [7, 11) is 0. The minimum atomic E-state index is -1.31. The predicted octanol–water partition coefficient (Wildman–Crippen LogP) is -3.00. The Morgan fingerprint density at radius 2 is 1.52 bits per heavy atom. The zero-order valence-electron chi connectivity index (χ0n) is 15.1. The molecule has 0 aromatic carbocycles. The molecule has 3 unspecified atom stereocenters. The van der Waals surface area contributed by atoms with Crippen molar-refractivity contribution in [1.29, 1.82) is 0 Å². The number of aliphatic hydroxyl groups is 1. The first-order valence-corrected chi connectivity index (χ1v) is 8.18. The average Bonchev–Trinajstić information content (AvgIpc) is 2.59. The second-order valence-corrected chi connectivity index (χ2v) is 6.12. The van der Waals surface area contributed by atoms with Crippen LogP contribution in [0.4, 0.5) is 0 Å². The zero-order chi connectivity index (χ0) is 21.1. The Hall–Kier alpha value is -2.73. The molecule has 0 spiro atoms. The molecular weight excluding hydrogens is 364 g/mol. The molecule has 27 heavy (non-hydrogen) atoms. The van der Waals surface area contributed by atoms with E-state index < -0.39 is 73.3 Å². The molecule has 3 atom stereocenters. The Morgan fingerprint density at radius 1 is 0.926 bits per heavy atom. The monoisotopic (exact) mass is 390 g/mol. The van der Waals surface area contributed by atoms with E-state index in [1.54, 1.807) is 13.8 Å². The third-order valence-corrected chi connectivity index (χ3v) is 3.47. The molecule has 0 rings (SSSR count). The number of carboxylic acids is 2. The lowest BCUT2D eigenvalue weighted by Crippen LogP contribution is -2.57. The number of hydrogen-bond donors (Lipinski definition) is 7. The number of carbonyl (C=O) groups excluding carboxylic acids is 3. The lowest BCUT2D eigenvalue weighted by atomic mass is 10.0. The summed E-state index contributed by atoms with van der Waals surface area (Å²) >= 11 is 0. The first kappa shape index (κ1) is 24.3. The van der Waals surface area contributed by atoms with Crippen LogP contribution in [0.1, 0.15) is 26.7 Å². The number of carboxylic acid groups (broad SMARTS) is 2. The van der Waals surface area contributed by atoms with Crippen LogP contribution in [0.3, 0.4) is 0 Å². The maximum atomic E-state index is 12.4. The van der Waals surface area contributed by atoms with Gasteiger partial charge in [-0.15, -0.1) is 0 Å². The van der Waals surface area contributed by atoms with Gasteiger partial charge in [0.15, 0.2) is 0 Å². The lowest BCUT2D eigenvalue weighted by molar-refractivity contribution is -0.139. The summed E-state index contributed by atoms with van der Waals surface area (Å²) in [5.74, 6) is -5.32. The van der Waals surface area contributed by atoms with E-state index in [2.05, 4.69) is 16.0 Å². The van der Waals surface area contributed by atoms with Crippen molar-refractivity contribution in [2.75, 3.05) is 13.2 Å². The smallest absolute Gasteiger partial charge is 0.322 e. The van der Waals surface area contributed by atoms with E-state index in [-0.39, 0.29) is 6.42 Å². The number of rotatable bonds is 12. The van der Waals surface area contributed by atoms with E-state index in [1.165, 1.54) is 0 Å². The van der Waals surface area contributed by atoms with Gasteiger partial charge in [0.2, 0.25) is 17.7 Å². The molecule has 0 bridgehead atoms. The minimum Gasteiger partial charge on any atom is -0.481 e. The average molecular weight is 390 g/mol. The van der Waals surface area contributed by atoms with Gasteiger partial charge in [-0.3, -0.25) is 24.0 Å². The SMILES string of the molecule is CC(C)C(NC(=O)C(CCC(=O)O)NC(=O)C(N)CO)C(=O)NCC(=O)O. The molecule has 0 heterocycles. The van der Waals surface area contributed by atoms with E-state index in [4.69, 9.17) is 21.1 Å². The third kappa shape index (κ3) is 9.51. The van der Waals surface area contributed by atoms with E-state index in [0.717, 1.165) is 0 Å². The highest BCUT2D eigenvalue weighted by molar-refractivity contribution is 5.94. The molecule has 0 saturated heterocycles. The van der Waals surface area contributed by atoms with Crippen LogP contribution in [0.5, 0.6) is 0 Å². The zero-order valence-corrected chi connectivity index (χ0v) is 15.1. The van der Waals surface area contributed by atoms with Gasteiger partial charge >= 0.3 is 11.9 Å². The lowest BCUT2D eigenvalue weighted by Gasteiger charge is -2.25. The number of hydrogen-bond acceptors (Lipinski definition) is 7. The highest BCUT2D eigenvalue weighted by atomic mass is 16.4. The summed E-state index contributed by atoms with van der Waals surface area (Å²) in [5.41, 5.74) is 5.36. The standard InChI is InChI=1S/C15H26N4O8/c1-7(2)12(15(27)17-5-11(23)24)19-14(26)9(3-4-10(21)22)18-13(25)8(16)6-20/h7-9,12,20H,3-6,16H2,1-2H3,(H,17,27)(H,18,25)(H,19,26)(H,21,22)(H,23,24). The molecule has 12 nitrogen and oxygen atoms in total. The van der Waals surface area contributed by atoms with Gasteiger partial charge in [0.1, 0.15) is 24.7 Å². The van der Waals surface area contributed by atoms with Crippen molar-refractivity contribution in [2.24, 2.45) is 11.7 Å². The fourth-order valence-electron chi connectivity index (χ4n) is 1.96. The highest BCUT2D eigenvalue weighted by Gasteiger charge is 2.30. The highest BCUT2D eigenvalue weighted by Crippen LogP contribution is 2.05. The molecule has 0 saturated carbocycles. The van der Waals surface area contributed by atoms with Crippen molar-refractivity contribution in [2.45, 2.75) is 44.8 Å². The van der Waals surface area contributed by atoms with Crippen LogP contribution < -0.4 is 21.7 Å². The molecule has 0 aliphatic heterocycles. The van der Waals surface area contributed by atoms with Gasteiger partial charge in [0.05, 0.1) is 6.61 Å². The number of amides is 3. The number of nitrogens with two attached hydrogens (primary N) is 1. The fourth-order valence-corrected chi connectivity index (χ4v) is 1.96. The minimum absolute atomic E-state index is 0.271. The normalized spacial score (nSPS) is 14.0. The Morgan fingerprint density at radius 3 is 1.96 bits per heavy atom. The predicted molar refractivity (Wildman–Crippen MR) is 91.3 cm³/mol. The summed E-state index contributed by atoms with van der Waals surface area (Å²) in [6, 6.07) is -3.71. The Kier molecular flexibility index (Phi) is 10.6. The molecule has 0 aromatic rings. The van der Waals surface area contributed by atoms with Crippen LogP contribution in [0.25, 0.3) is 0 Å². The van der Waals surface area contributed by atoms with E-state index in [0.29, 0.717) is 0 Å². The quantitative estimate of drug-likeness (QED) is 0.181. The second-order valence-electron chi connectivity index (χ2n) is 6.12. The maximum absolute atomic E-state index is 12.4. The van der Waals surface area contributed by atoms with Crippen LogP contribution in [0.2, 0.25) is 0 Å². The summed E-state index contributed by atoms with van der Waals surface area (Å²) in [4.78, 5) is 57.6. The third-order valence-electron chi connectivity index (χ3n) is 3.47. The molecular formula is C15H26N4O8. The van der Waals surface area contributed by atoms with Crippen molar-refractivity contribution in [3.8, 4) is 0 Å². The molecule has 0 aromatic heterocycles. The first-order valence-electron chi connectivity index (χ1n) is 8.18. The molecule has 8 N–H and O–H groups in total. The van der Waals surface area contributed by atoms with Crippen molar-refractivity contribution < 1.29 is 39.3 Å². The van der Waals surface area contributed by atoms with Gasteiger partial charge in [0.25, 0.3) is 0 Å². The molecule has 3 amide bonds. The van der Waals surface area contributed by atoms with Crippen LogP contribution in [-0.4, -0.2) is 76.3 Å². The fraction of sp³-hybridized carbons (Fsp3) is 0.667. The summed E-state index contributed by atoms with van der Waals surface area (Å²) in [5, 5.41) is 33.0. The van der Waals surface area contributed by atoms with Gasteiger partial charge in [-0.05, 0) is 12.3 Å². The molecule has 154 valence electrons. The van der Waals surface area contributed by atoms with Crippen LogP contribution in [0, 0.1) is 5.92 Å². The molecule has 0 fully saturated rings. The van der Waals surface area contributed by atoms with Crippen molar-refractivity contribution in [3.05, 3.63) is 0 Å². The van der Waals surface area contributed by atoms with Gasteiger partial charge in [-0.1, -0.05) is 13.8 Å². The van der Waals surface area contributed by atoms with Crippen molar-refractivity contribution >= 4 is 29.7 Å². The van der Waals surface area contributed by atoms with Crippen LogP contribution in [0.15, 0.2) is 0 Å². The molecule has 0 aliphatic rings. The largest absolute Gasteiger partial charge is 0.481 e. The Labute approximate surface area is 155 Å². The van der Waals surface area contributed by atoms with Gasteiger partial charge in [-0.25, -0.2) is 0 Å². The molecule has 0 radical (unpaired) electrons.